The average Bonchev–Trinajstić information content (AvgIpc) is 3.35. The average molecular weight is 442 g/mol. The summed E-state index contributed by atoms with van der Waals surface area (Å²) >= 11 is 0. The molecule has 0 saturated heterocycles. The maximum absolute atomic E-state index is 14.9. The summed E-state index contributed by atoms with van der Waals surface area (Å²) in [6.07, 6.45) is 0. The van der Waals surface area contributed by atoms with Gasteiger partial charge < -0.3 is 5.32 Å². The lowest BCUT2D eigenvalue weighted by atomic mass is 10.0. The Hall–Kier alpha value is -4.25. The zero-order chi connectivity index (χ0) is 23.7. The van der Waals surface area contributed by atoms with E-state index < -0.39 is 5.82 Å². The molecule has 2 aromatic carbocycles. The summed E-state index contributed by atoms with van der Waals surface area (Å²) in [4.78, 5) is 15.7. The lowest BCUT2D eigenvalue weighted by Crippen LogP contribution is -2.23. The third-order valence-corrected chi connectivity index (χ3v) is 5.56. The van der Waals surface area contributed by atoms with Crippen molar-refractivity contribution < 1.29 is 9.18 Å². The number of rotatable bonds is 5. The van der Waals surface area contributed by atoms with Gasteiger partial charge in [0.15, 0.2) is 5.69 Å². The molecule has 1 amide bonds. The third-order valence-electron chi connectivity index (χ3n) is 5.56. The highest BCUT2D eigenvalue weighted by atomic mass is 19.1. The molecular weight excluding hydrogens is 419 g/mol. The predicted octanol–water partition coefficient (Wildman–Crippen LogP) is 5.12. The number of aryl methyl sites for hydroxylation is 3. The summed E-state index contributed by atoms with van der Waals surface area (Å²) in [5, 5.41) is 14.0. The molecule has 0 aliphatic heterocycles. The van der Waals surface area contributed by atoms with Crippen molar-refractivity contribution in [3.8, 4) is 16.8 Å². The van der Waals surface area contributed by atoms with Crippen molar-refractivity contribution in [2.75, 3.05) is 0 Å². The van der Waals surface area contributed by atoms with Crippen molar-refractivity contribution in [3.63, 3.8) is 0 Å². The molecule has 2 aromatic heterocycles. The van der Waals surface area contributed by atoms with Gasteiger partial charge in [-0.25, -0.2) is 13.9 Å². The van der Waals surface area contributed by atoms with Crippen molar-refractivity contribution in [2.24, 2.45) is 0 Å². The van der Waals surface area contributed by atoms with E-state index in [4.69, 9.17) is 6.57 Å². The standard InChI is InChI=1S/C25H23FN6O/c1-14-10-20(8-9-22(14)27-5)32-17(4)24(16(3)31-32)18-6-7-19(21(26)12-18)13-28-25(33)23-11-15(2)29-30-23/h6-12H,13H2,1-4H3,(H,28,33)(H,29,30). The molecule has 0 spiro atoms. The van der Waals surface area contributed by atoms with Crippen LogP contribution < -0.4 is 5.32 Å². The Balaban J connectivity index is 1.58. The second-order valence-corrected chi connectivity index (χ2v) is 7.97. The molecule has 0 aliphatic carbocycles. The number of aromatic amines is 1. The van der Waals surface area contributed by atoms with Gasteiger partial charge in [0.25, 0.3) is 5.91 Å². The van der Waals surface area contributed by atoms with Crippen LogP contribution in [0.5, 0.6) is 0 Å². The van der Waals surface area contributed by atoms with Crippen LogP contribution in [0.1, 0.15) is 38.7 Å². The first-order valence-corrected chi connectivity index (χ1v) is 10.4. The number of hydrogen-bond donors (Lipinski definition) is 2. The third kappa shape index (κ3) is 4.26. The van der Waals surface area contributed by atoms with Crippen LogP contribution in [0.4, 0.5) is 10.1 Å². The van der Waals surface area contributed by atoms with Gasteiger partial charge in [-0.05, 0) is 63.1 Å². The van der Waals surface area contributed by atoms with Crippen molar-refractivity contribution in [1.29, 1.82) is 0 Å². The van der Waals surface area contributed by atoms with Gasteiger partial charge in [0.1, 0.15) is 11.5 Å². The highest BCUT2D eigenvalue weighted by Gasteiger charge is 2.17. The summed E-state index contributed by atoms with van der Waals surface area (Å²) < 4.78 is 16.7. The van der Waals surface area contributed by atoms with Crippen molar-refractivity contribution in [1.82, 2.24) is 25.3 Å². The Labute approximate surface area is 191 Å². The molecule has 2 heterocycles. The van der Waals surface area contributed by atoms with Crippen LogP contribution in [-0.4, -0.2) is 25.9 Å². The molecule has 166 valence electrons. The molecule has 0 unspecified atom stereocenters. The zero-order valence-electron chi connectivity index (χ0n) is 18.8. The molecule has 7 nitrogen and oxygen atoms in total. The van der Waals surface area contributed by atoms with Crippen molar-refractivity contribution in [3.05, 3.63) is 93.6 Å². The fourth-order valence-electron chi connectivity index (χ4n) is 3.86. The SMILES string of the molecule is [C-]#[N+]c1ccc(-n2nc(C)c(-c3ccc(CNC(=O)c4cc(C)[nH]n4)c(F)c3)c2C)cc1C. The van der Waals surface area contributed by atoms with Crippen LogP contribution in [0.2, 0.25) is 0 Å². The molecule has 4 aromatic rings. The van der Waals surface area contributed by atoms with E-state index in [-0.39, 0.29) is 18.1 Å². The van der Waals surface area contributed by atoms with E-state index in [2.05, 4.69) is 25.5 Å². The fourth-order valence-corrected chi connectivity index (χ4v) is 3.86. The van der Waals surface area contributed by atoms with Crippen LogP contribution >= 0.6 is 0 Å². The van der Waals surface area contributed by atoms with Gasteiger partial charge in [-0.2, -0.15) is 10.2 Å². The van der Waals surface area contributed by atoms with Crippen LogP contribution in [-0.2, 0) is 6.54 Å². The Bertz CT molecular complexity index is 1410. The number of hydrogen-bond acceptors (Lipinski definition) is 3. The number of carbonyl (C=O) groups excluding carboxylic acids is 1. The highest BCUT2D eigenvalue weighted by molar-refractivity contribution is 5.92. The van der Waals surface area contributed by atoms with Crippen LogP contribution in [0, 0.1) is 40.1 Å². The predicted molar refractivity (Wildman–Crippen MR) is 124 cm³/mol. The molecule has 0 aliphatic rings. The smallest absolute Gasteiger partial charge is 0.272 e. The van der Waals surface area contributed by atoms with Gasteiger partial charge in [-0.1, -0.05) is 18.2 Å². The largest absolute Gasteiger partial charge is 0.346 e. The lowest BCUT2D eigenvalue weighted by molar-refractivity contribution is 0.0945. The molecule has 4 rings (SSSR count). The minimum Gasteiger partial charge on any atom is -0.346 e. The van der Waals surface area contributed by atoms with Crippen LogP contribution in [0.15, 0.2) is 42.5 Å². The molecule has 8 heteroatoms. The maximum atomic E-state index is 14.9. The van der Waals surface area contributed by atoms with Gasteiger partial charge in [-0.15, -0.1) is 0 Å². The topological polar surface area (TPSA) is 80.0 Å². The summed E-state index contributed by atoms with van der Waals surface area (Å²) in [5.41, 5.74) is 6.96. The summed E-state index contributed by atoms with van der Waals surface area (Å²) in [5.74, 6) is -0.773. The second-order valence-electron chi connectivity index (χ2n) is 7.97. The number of aromatic nitrogens is 4. The quantitative estimate of drug-likeness (QED) is 0.421. The molecule has 0 atom stereocenters. The number of benzene rings is 2. The second kappa shape index (κ2) is 8.71. The van der Waals surface area contributed by atoms with Gasteiger partial charge in [-0.3, -0.25) is 9.89 Å². The Morgan fingerprint density at radius 2 is 1.94 bits per heavy atom. The van der Waals surface area contributed by atoms with Gasteiger partial charge in [0.05, 0.1) is 18.0 Å². The van der Waals surface area contributed by atoms with Crippen molar-refractivity contribution >= 4 is 11.6 Å². The van der Waals surface area contributed by atoms with Crippen molar-refractivity contribution in [2.45, 2.75) is 34.2 Å². The van der Waals surface area contributed by atoms with Gasteiger partial charge in [0.2, 0.25) is 0 Å². The number of nitrogens with one attached hydrogen (secondary N) is 2. The monoisotopic (exact) mass is 442 g/mol. The highest BCUT2D eigenvalue weighted by Crippen LogP contribution is 2.31. The normalized spacial score (nSPS) is 10.8. The zero-order valence-corrected chi connectivity index (χ0v) is 18.8. The van der Waals surface area contributed by atoms with E-state index in [1.54, 1.807) is 25.1 Å². The van der Waals surface area contributed by atoms with Gasteiger partial charge in [0, 0.05) is 29.1 Å². The summed E-state index contributed by atoms with van der Waals surface area (Å²) in [6, 6.07) is 12.2. The Morgan fingerprint density at radius 1 is 1.15 bits per heavy atom. The summed E-state index contributed by atoms with van der Waals surface area (Å²) in [7, 11) is 0. The first-order valence-electron chi connectivity index (χ1n) is 10.4. The van der Waals surface area contributed by atoms with E-state index in [1.807, 2.05) is 43.7 Å². The van der Waals surface area contributed by atoms with E-state index in [0.717, 1.165) is 33.9 Å². The molecular formula is C25H23FN6O. The minimum absolute atomic E-state index is 0.0563. The van der Waals surface area contributed by atoms with E-state index in [1.165, 1.54) is 6.07 Å². The maximum Gasteiger partial charge on any atom is 0.272 e. The molecule has 0 radical (unpaired) electrons. The van der Waals surface area contributed by atoms with Crippen LogP contribution in [0.3, 0.4) is 0 Å². The Kier molecular flexibility index (Phi) is 5.80. The Morgan fingerprint density at radius 3 is 2.58 bits per heavy atom. The first kappa shape index (κ1) is 22.0. The fraction of sp³-hybridized carbons (Fsp3) is 0.200. The molecule has 0 fully saturated rings. The number of halogens is 1. The number of amides is 1. The van der Waals surface area contributed by atoms with Gasteiger partial charge >= 0.3 is 0 Å². The first-order chi connectivity index (χ1) is 15.8. The number of carbonyl (C=O) groups is 1. The molecule has 0 bridgehead atoms. The van der Waals surface area contributed by atoms with Crippen LogP contribution in [0.25, 0.3) is 21.7 Å². The van der Waals surface area contributed by atoms with E-state index in [9.17, 15) is 9.18 Å². The van der Waals surface area contributed by atoms with E-state index in [0.29, 0.717) is 16.8 Å². The minimum atomic E-state index is -0.408. The van der Waals surface area contributed by atoms with E-state index >= 15 is 0 Å². The lowest BCUT2D eigenvalue weighted by Gasteiger charge is -2.09. The number of H-pyrrole nitrogens is 1. The summed E-state index contributed by atoms with van der Waals surface area (Å²) in [6.45, 7) is 14.8. The molecule has 33 heavy (non-hydrogen) atoms. The molecule has 2 N–H and O–H groups in total. The molecule has 0 saturated carbocycles. The number of nitrogens with zero attached hydrogens (tertiary/aromatic N) is 4.